The minimum Gasteiger partial charge on any atom is -0.490 e. The van der Waals surface area contributed by atoms with E-state index in [1.807, 2.05) is 32.9 Å². The van der Waals surface area contributed by atoms with E-state index in [1.165, 1.54) is 0 Å². The van der Waals surface area contributed by atoms with Crippen molar-refractivity contribution in [2.24, 2.45) is 11.3 Å². The molecule has 0 spiro atoms. The lowest BCUT2D eigenvalue weighted by Crippen LogP contribution is -2.42. The van der Waals surface area contributed by atoms with E-state index in [9.17, 15) is 9.59 Å². The van der Waals surface area contributed by atoms with Crippen molar-refractivity contribution in [2.75, 3.05) is 29.9 Å². The zero-order valence-electron chi connectivity index (χ0n) is 15.8. The summed E-state index contributed by atoms with van der Waals surface area (Å²) in [7, 11) is 0. The maximum Gasteiger partial charge on any atom is 0.319 e. The van der Waals surface area contributed by atoms with Crippen molar-refractivity contribution >= 4 is 23.3 Å². The molecule has 0 atom stereocenters. The van der Waals surface area contributed by atoms with Gasteiger partial charge in [0.2, 0.25) is 5.91 Å². The van der Waals surface area contributed by atoms with Gasteiger partial charge in [-0.1, -0.05) is 13.8 Å². The number of fused-ring (bicyclic) bond motifs is 1. The zero-order chi connectivity index (χ0) is 18.6. The lowest BCUT2D eigenvalue weighted by Gasteiger charge is -2.28. The molecule has 6 nitrogen and oxygen atoms in total. The van der Waals surface area contributed by atoms with E-state index in [1.54, 1.807) is 11.0 Å². The number of hydrogen-bond donors (Lipinski definition) is 2. The summed E-state index contributed by atoms with van der Waals surface area (Å²) in [6, 6.07) is 5.15. The Morgan fingerprint density at radius 3 is 2.72 bits per heavy atom. The van der Waals surface area contributed by atoms with Crippen molar-refractivity contribution in [2.45, 2.75) is 41.0 Å². The molecule has 25 heavy (non-hydrogen) atoms. The van der Waals surface area contributed by atoms with Crippen LogP contribution >= 0.6 is 0 Å². The third-order valence-electron chi connectivity index (χ3n) is 4.19. The molecule has 138 valence electrons. The van der Waals surface area contributed by atoms with Gasteiger partial charge in [0.15, 0.2) is 0 Å². The maximum absolute atomic E-state index is 13.0. The number of anilines is 2. The largest absolute Gasteiger partial charge is 0.490 e. The van der Waals surface area contributed by atoms with E-state index in [4.69, 9.17) is 4.74 Å². The number of nitrogens with one attached hydrogen (secondary N) is 2. The Labute approximate surface area is 149 Å². The number of amides is 3. The second kappa shape index (κ2) is 7.76. The molecule has 0 saturated carbocycles. The fourth-order valence-electron chi connectivity index (χ4n) is 2.67. The van der Waals surface area contributed by atoms with Crippen molar-refractivity contribution in [1.29, 1.82) is 0 Å². The third-order valence-corrected chi connectivity index (χ3v) is 4.19. The van der Waals surface area contributed by atoms with Crippen LogP contribution in [0.3, 0.4) is 0 Å². The van der Waals surface area contributed by atoms with Crippen LogP contribution in [0, 0.1) is 11.3 Å². The van der Waals surface area contributed by atoms with Crippen LogP contribution in [-0.4, -0.2) is 31.6 Å². The first-order valence-corrected chi connectivity index (χ1v) is 8.88. The molecule has 0 fully saturated rings. The van der Waals surface area contributed by atoms with Gasteiger partial charge < -0.3 is 20.3 Å². The van der Waals surface area contributed by atoms with Crippen LogP contribution in [0.4, 0.5) is 16.2 Å². The first-order valence-electron chi connectivity index (χ1n) is 8.88. The molecular weight excluding hydrogens is 318 g/mol. The van der Waals surface area contributed by atoms with E-state index in [2.05, 4.69) is 24.5 Å². The van der Waals surface area contributed by atoms with Gasteiger partial charge in [0.05, 0.1) is 11.1 Å². The highest BCUT2D eigenvalue weighted by molar-refractivity contribution is 6.00. The van der Waals surface area contributed by atoms with E-state index < -0.39 is 5.41 Å². The standard InChI is InChI=1S/C19H29N3O3/c1-6-20-18(24)21-14-7-8-16-15(11-14)22(10-9-13(2)3)17(23)19(4,5)12-25-16/h7-8,11,13H,6,9-10,12H2,1-5H3,(H2,20,21,24). The van der Waals surface area contributed by atoms with Crippen molar-refractivity contribution < 1.29 is 14.3 Å². The summed E-state index contributed by atoms with van der Waals surface area (Å²) in [5.41, 5.74) is 0.754. The molecule has 0 unspecified atom stereocenters. The van der Waals surface area contributed by atoms with Crippen molar-refractivity contribution in [3.63, 3.8) is 0 Å². The van der Waals surface area contributed by atoms with Crippen LogP contribution in [0.1, 0.15) is 41.0 Å². The van der Waals surface area contributed by atoms with Crippen LogP contribution in [-0.2, 0) is 4.79 Å². The Balaban J connectivity index is 2.36. The van der Waals surface area contributed by atoms with Crippen LogP contribution in [0.5, 0.6) is 5.75 Å². The summed E-state index contributed by atoms with van der Waals surface area (Å²) in [5, 5.41) is 5.49. The molecule has 1 aliphatic heterocycles. The van der Waals surface area contributed by atoms with Gasteiger partial charge in [-0.3, -0.25) is 4.79 Å². The molecule has 1 aliphatic rings. The van der Waals surface area contributed by atoms with Gasteiger partial charge in [0.25, 0.3) is 0 Å². The number of hydrogen-bond acceptors (Lipinski definition) is 3. The highest BCUT2D eigenvalue weighted by Gasteiger charge is 2.37. The summed E-state index contributed by atoms with van der Waals surface area (Å²) in [6.07, 6.45) is 0.898. The summed E-state index contributed by atoms with van der Waals surface area (Å²) in [6.45, 7) is 11.4. The topological polar surface area (TPSA) is 70.7 Å². The SMILES string of the molecule is CCNC(=O)Nc1ccc2c(c1)N(CCC(C)C)C(=O)C(C)(C)CO2. The average molecular weight is 347 g/mol. The van der Waals surface area contributed by atoms with Gasteiger partial charge in [0, 0.05) is 18.8 Å². The van der Waals surface area contributed by atoms with Crippen molar-refractivity contribution in [3.05, 3.63) is 18.2 Å². The molecule has 0 bridgehead atoms. The van der Waals surface area contributed by atoms with E-state index in [0.717, 1.165) is 6.42 Å². The smallest absolute Gasteiger partial charge is 0.319 e. The molecule has 6 heteroatoms. The Hall–Kier alpha value is -2.24. The normalized spacial score (nSPS) is 16.1. The molecule has 0 saturated heterocycles. The molecule has 1 aromatic rings. The fourth-order valence-corrected chi connectivity index (χ4v) is 2.67. The Kier molecular flexibility index (Phi) is 5.93. The van der Waals surface area contributed by atoms with Crippen molar-refractivity contribution in [1.82, 2.24) is 5.32 Å². The van der Waals surface area contributed by atoms with Gasteiger partial charge in [-0.2, -0.15) is 0 Å². The highest BCUT2D eigenvalue weighted by atomic mass is 16.5. The lowest BCUT2D eigenvalue weighted by atomic mass is 9.92. The number of nitrogens with zero attached hydrogens (tertiary/aromatic N) is 1. The fraction of sp³-hybridized carbons (Fsp3) is 0.579. The second-order valence-electron chi connectivity index (χ2n) is 7.48. The van der Waals surface area contributed by atoms with E-state index >= 15 is 0 Å². The summed E-state index contributed by atoms with van der Waals surface area (Å²) >= 11 is 0. The van der Waals surface area contributed by atoms with Crippen LogP contribution in [0.2, 0.25) is 0 Å². The quantitative estimate of drug-likeness (QED) is 0.854. The molecule has 1 aromatic carbocycles. The molecule has 2 N–H and O–H groups in total. The first-order chi connectivity index (χ1) is 11.7. The highest BCUT2D eigenvalue weighted by Crippen LogP contribution is 2.38. The van der Waals surface area contributed by atoms with Gasteiger partial charge in [-0.05, 0) is 51.3 Å². The van der Waals surface area contributed by atoms with Gasteiger partial charge in [0.1, 0.15) is 12.4 Å². The summed E-state index contributed by atoms with van der Waals surface area (Å²) in [5.74, 6) is 1.20. The van der Waals surface area contributed by atoms with Gasteiger partial charge in [-0.15, -0.1) is 0 Å². The number of benzene rings is 1. The summed E-state index contributed by atoms with van der Waals surface area (Å²) < 4.78 is 5.89. The monoisotopic (exact) mass is 347 g/mol. The first kappa shape index (κ1) is 19.1. The van der Waals surface area contributed by atoms with E-state index in [0.29, 0.717) is 42.7 Å². The van der Waals surface area contributed by atoms with Crippen LogP contribution < -0.4 is 20.3 Å². The number of rotatable bonds is 5. The average Bonchev–Trinajstić information content (AvgIpc) is 2.62. The Bertz CT molecular complexity index is 641. The minimum atomic E-state index is -0.594. The number of carbonyl (C=O) groups excluding carboxylic acids is 2. The molecule has 3 amide bonds. The molecule has 2 rings (SSSR count). The van der Waals surface area contributed by atoms with E-state index in [-0.39, 0.29) is 11.9 Å². The molecule has 0 aliphatic carbocycles. The Morgan fingerprint density at radius 2 is 2.08 bits per heavy atom. The minimum absolute atomic E-state index is 0.0436. The molecule has 0 aromatic heterocycles. The number of ether oxygens (including phenoxy) is 1. The predicted molar refractivity (Wildman–Crippen MR) is 100 cm³/mol. The Morgan fingerprint density at radius 1 is 1.36 bits per heavy atom. The second-order valence-corrected chi connectivity index (χ2v) is 7.48. The molecule has 0 radical (unpaired) electrons. The molecule has 1 heterocycles. The maximum atomic E-state index is 13.0. The van der Waals surface area contributed by atoms with Gasteiger partial charge in [-0.25, -0.2) is 4.79 Å². The molecular formula is C19H29N3O3. The predicted octanol–water partition coefficient (Wildman–Crippen LogP) is 3.63. The zero-order valence-corrected chi connectivity index (χ0v) is 15.8. The van der Waals surface area contributed by atoms with Crippen LogP contribution in [0.15, 0.2) is 18.2 Å². The number of urea groups is 1. The number of carbonyl (C=O) groups is 2. The van der Waals surface area contributed by atoms with Crippen LogP contribution in [0.25, 0.3) is 0 Å². The lowest BCUT2D eigenvalue weighted by molar-refractivity contribution is -0.127. The third kappa shape index (κ3) is 4.65. The summed E-state index contributed by atoms with van der Waals surface area (Å²) in [4.78, 5) is 26.6. The van der Waals surface area contributed by atoms with Gasteiger partial charge >= 0.3 is 6.03 Å². The van der Waals surface area contributed by atoms with Crippen molar-refractivity contribution in [3.8, 4) is 5.75 Å².